The summed E-state index contributed by atoms with van der Waals surface area (Å²) in [5, 5.41) is 14.3. The number of carbonyl (C=O) groups is 1. The van der Waals surface area contributed by atoms with Crippen LogP contribution in [0.15, 0.2) is 30.6 Å². The number of nitrogens with one attached hydrogen (secondary N) is 1. The Bertz CT molecular complexity index is 890. The molecule has 0 aliphatic heterocycles. The van der Waals surface area contributed by atoms with Gasteiger partial charge in [0.25, 0.3) is 5.91 Å². The number of nitrogens with zero attached hydrogens (tertiary/aromatic N) is 5. The molecule has 0 atom stereocenters. The molecule has 25 heavy (non-hydrogen) atoms. The van der Waals surface area contributed by atoms with Gasteiger partial charge < -0.3 is 0 Å². The molecule has 0 fully saturated rings. The van der Waals surface area contributed by atoms with E-state index >= 15 is 0 Å². The van der Waals surface area contributed by atoms with Crippen LogP contribution in [-0.4, -0.2) is 30.9 Å². The summed E-state index contributed by atoms with van der Waals surface area (Å²) in [7, 11) is 0. The molecule has 0 aromatic carbocycles. The predicted molar refractivity (Wildman–Crippen MR) is 83.6 cm³/mol. The van der Waals surface area contributed by atoms with Gasteiger partial charge in [0.1, 0.15) is 5.01 Å². The van der Waals surface area contributed by atoms with Crippen LogP contribution in [-0.2, 0) is 12.6 Å². The molecule has 3 aromatic rings. The normalized spacial score (nSPS) is 11.5. The third kappa shape index (κ3) is 3.50. The highest BCUT2D eigenvalue weighted by Crippen LogP contribution is 2.33. The summed E-state index contributed by atoms with van der Waals surface area (Å²) in [5.74, 6) is -1.01. The monoisotopic (exact) mass is 368 g/mol. The SMILES string of the molecule is CCc1nnc(NC(=O)c2cnn(-c3ccccn3)c2C(F)(F)F)s1. The van der Waals surface area contributed by atoms with Crippen LogP contribution in [0.4, 0.5) is 18.3 Å². The van der Waals surface area contributed by atoms with Crippen molar-refractivity contribution in [2.24, 2.45) is 0 Å². The summed E-state index contributed by atoms with van der Waals surface area (Å²) in [6.07, 6.45) is -1.99. The fourth-order valence-corrected chi connectivity index (χ4v) is 2.73. The lowest BCUT2D eigenvalue weighted by Crippen LogP contribution is -2.21. The Labute approximate surface area is 143 Å². The van der Waals surface area contributed by atoms with Crippen LogP contribution in [0, 0.1) is 0 Å². The highest BCUT2D eigenvalue weighted by molar-refractivity contribution is 7.15. The van der Waals surface area contributed by atoms with Crippen molar-refractivity contribution in [3.05, 3.63) is 46.9 Å². The average molecular weight is 368 g/mol. The summed E-state index contributed by atoms with van der Waals surface area (Å²) in [4.78, 5) is 16.1. The maximum atomic E-state index is 13.5. The molecule has 130 valence electrons. The Balaban J connectivity index is 1.98. The smallest absolute Gasteiger partial charge is 0.296 e. The predicted octanol–water partition coefficient (Wildman–Crippen LogP) is 2.95. The Kier molecular flexibility index (Phi) is 4.49. The molecule has 0 aliphatic carbocycles. The number of hydrogen-bond acceptors (Lipinski definition) is 6. The molecule has 0 bridgehead atoms. The van der Waals surface area contributed by atoms with Gasteiger partial charge in [0, 0.05) is 6.20 Å². The van der Waals surface area contributed by atoms with E-state index in [1.165, 1.54) is 18.3 Å². The number of pyridine rings is 1. The summed E-state index contributed by atoms with van der Waals surface area (Å²) in [5.41, 5.74) is -1.82. The van der Waals surface area contributed by atoms with E-state index in [1.807, 2.05) is 6.92 Å². The number of amides is 1. The van der Waals surface area contributed by atoms with Crippen molar-refractivity contribution < 1.29 is 18.0 Å². The zero-order valence-corrected chi connectivity index (χ0v) is 13.6. The quantitative estimate of drug-likeness (QED) is 0.765. The van der Waals surface area contributed by atoms with Gasteiger partial charge in [-0.25, -0.2) is 9.67 Å². The standard InChI is InChI=1S/C14H11F3N6OS/c1-2-10-21-22-13(25-10)20-12(24)8-7-19-23(11(8)14(15,16)17)9-5-3-4-6-18-9/h3-7H,2H2,1H3,(H,20,22,24). The van der Waals surface area contributed by atoms with Gasteiger partial charge in [0.2, 0.25) is 5.13 Å². The second-order valence-electron chi connectivity index (χ2n) is 4.81. The van der Waals surface area contributed by atoms with E-state index in [2.05, 4.69) is 25.6 Å². The molecular weight excluding hydrogens is 357 g/mol. The highest BCUT2D eigenvalue weighted by atomic mass is 32.1. The van der Waals surface area contributed by atoms with Gasteiger partial charge in [-0.1, -0.05) is 24.3 Å². The molecule has 0 saturated carbocycles. The van der Waals surface area contributed by atoms with Crippen molar-refractivity contribution in [2.45, 2.75) is 19.5 Å². The highest BCUT2D eigenvalue weighted by Gasteiger charge is 2.41. The van der Waals surface area contributed by atoms with Crippen LogP contribution in [0.1, 0.15) is 28.0 Å². The van der Waals surface area contributed by atoms with Gasteiger partial charge in [0.15, 0.2) is 11.5 Å². The van der Waals surface area contributed by atoms with Gasteiger partial charge in [-0.15, -0.1) is 10.2 Å². The van der Waals surface area contributed by atoms with Gasteiger partial charge >= 0.3 is 6.18 Å². The maximum absolute atomic E-state index is 13.5. The van der Waals surface area contributed by atoms with Crippen LogP contribution >= 0.6 is 11.3 Å². The molecule has 0 unspecified atom stereocenters. The number of aryl methyl sites for hydroxylation is 1. The van der Waals surface area contributed by atoms with Crippen molar-refractivity contribution in [1.29, 1.82) is 0 Å². The van der Waals surface area contributed by atoms with Crippen molar-refractivity contribution in [3.8, 4) is 5.82 Å². The summed E-state index contributed by atoms with van der Waals surface area (Å²) < 4.78 is 41.1. The second kappa shape index (κ2) is 6.59. The summed E-state index contributed by atoms with van der Waals surface area (Å²) >= 11 is 1.10. The van der Waals surface area contributed by atoms with Gasteiger partial charge in [-0.2, -0.15) is 18.3 Å². The second-order valence-corrected chi connectivity index (χ2v) is 5.88. The van der Waals surface area contributed by atoms with Crippen molar-refractivity contribution in [1.82, 2.24) is 25.0 Å². The molecule has 1 amide bonds. The maximum Gasteiger partial charge on any atom is 0.434 e. The van der Waals surface area contributed by atoms with E-state index in [0.717, 1.165) is 17.5 Å². The molecule has 0 spiro atoms. The number of halogens is 3. The molecule has 3 aromatic heterocycles. The molecule has 1 N–H and O–H groups in total. The van der Waals surface area contributed by atoms with Crippen LogP contribution < -0.4 is 5.32 Å². The summed E-state index contributed by atoms with van der Waals surface area (Å²) in [6, 6.07) is 4.45. The number of rotatable bonds is 4. The molecule has 0 saturated heterocycles. The zero-order valence-electron chi connectivity index (χ0n) is 12.8. The molecular formula is C14H11F3N6OS. The third-order valence-electron chi connectivity index (χ3n) is 3.14. The molecule has 3 rings (SSSR count). The number of carbonyl (C=O) groups excluding carboxylic acids is 1. The minimum absolute atomic E-state index is 0.0435. The van der Waals surface area contributed by atoms with Crippen LogP contribution in [0.25, 0.3) is 5.82 Å². The molecule has 7 nitrogen and oxygen atoms in total. The first kappa shape index (κ1) is 17.0. The number of alkyl halides is 3. The first-order valence-electron chi connectivity index (χ1n) is 7.10. The van der Waals surface area contributed by atoms with Crippen molar-refractivity contribution in [2.75, 3.05) is 5.32 Å². The molecule has 0 radical (unpaired) electrons. The fourth-order valence-electron chi connectivity index (χ4n) is 2.05. The lowest BCUT2D eigenvalue weighted by Gasteiger charge is -2.11. The largest absolute Gasteiger partial charge is 0.434 e. The first-order valence-corrected chi connectivity index (χ1v) is 7.92. The number of hydrogen-bond donors (Lipinski definition) is 1. The van der Waals surface area contributed by atoms with E-state index in [-0.39, 0.29) is 10.9 Å². The topological polar surface area (TPSA) is 85.6 Å². The average Bonchev–Trinajstić information content (AvgIpc) is 3.21. The van der Waals surface area contributed by atoms with Crippen LogP contribution in [0.3, 0.4) is 0 Å². The van der Waals surface area contributed by atoms with E-state index in [4.69, 9.17) is 0 Å². The number of aromatic nitrogens is 5. The molecule has 3 heterocycles. The Hall–Kier alpha value is -2.82. The molecule has 0 aliphatic rings. The van der Waals surface area contributed by atoms with E-state index < -0.39 is 23.3 Å². The van der Waals surface area contributed by atoms with Gasteiger partial charge in [-0.3, -0.25) is 10.1 Å². The van der Waals surface area contributed by atoms with E-state index in [0.29, 0.717) is 16.1 Å². The van der Waals surface area contributed by atoms with Gasteiger partial charge in [-0.05, 0) is 18.6 Å². The Morgan fingerprint density at radius 2 is 2.12 bits per heavy atom. The zero-order chi connectivity index (χ0) is 18.0. The fraction of sp³-hybridized carbons (Fsp3) is 0.214. The van der Waals surface area contributed by atoms with Crippen molar-refractivity contribution in [3.63, 3.8) is 0 Å². The van der Waals surface area contributed by atoms with E-state index in [1.54, 1.807) is 6.07 Å². The number of anilines is 1. The summed E-state index contributed by atoms with van der Waals surface area (Å²) in [6.45, 7) is 1.85. The Morgan fingerprint density at radius 1 is 1.32 bits per heavy atom. The first-order chi connectivity index (χ1) is 11.9. The third-order valence-corrected chi connectivity index (χ3v) is 4.12. The van der Waals surface area contributed by atoms with Crippen molar-refractivity contribution >= 4 is 22.4 Å². The van der Waals surface area contributed by atoms with Crippen LogP contribution in [0.5, 0.6) is 0 Å². The Morgan fingerprint density at radius 3 is 2.72 bits per heavy atom. The van der Waals surface area contributed by atoms with E-state index in [9.17, 15) is 18.0 Å². The van der Waals surface area contributed by atoms with Crippen LogP contribution in [0.2, 0.25) is 0 Å². The minimum atomic E-state index is -4.80. The van der Waals surface area contributed by atoms with Gasteiger partial charge in [0.05, 0.1) is 11.8 Å². The lowest BCUT2D eigenvalue weighted by molar-refractivity contribution is -0.143. The minimum Gasteiger partial charge on any atom is -0.296 e. The molecule has 11 heteroatoms. The lowest BCUT2D eigenvalue weighted by atomic mass is 10.2.